The number of aliphatic hydroxyl groups is 2. The smallest absolute Gasteiger partial charge is 0.324 e. The minimum Gasteiger partial charge on any atom is -0.364 e. The number of fused-ring (bicyclic) bond motifs is 2. The van der Waals surface area contributed by atoms with Crippen LogP contribution in [0.4, 0.5) is 0 Å². The number of aliphatic hydroxyl groups excluding tert-OH is 2. The number of hydrogen-bond acceptors (Lipinski definition) is 5. The molecule has 5 nitrogen and oxygen atoms in total. The topological polar surface area (TPSA) is 76.0 Å². The van der Waals surface area contributed by atoms with Crippen LogP contribution in [0.3, 0.4) is 0 Å². The van der Waals surface area contributed by atoms with E-state index in [1.165, 1.54) is 0 Å². The van der Waals surface area contributed by atoms with Gasteiger partial charge in [0, 0.05) is 11.1 Å². The first-order valence-electron chi connectivity index (χ1n) is 8.81. The van der Waals surface area contributed by atoms with Crippen molar-refractivity contribution in [3.8, 4) is 0 Å². The van der Waals surface area contributed by atoms with Gasteiger partial charge in [0.1, 0.15) is 0 Å². The Bertz CT molecular complexity index is 1050. The van der Waals surface area contributed by atoms with Crippen LogP contribution in [0.25, 0.3) is 21.5 Å². The van der Waals surface area contributed by atoms with Gasteiger partial charge in [-0.25, -0.2) is 0 Å². The van der Waals surface area contributed by atoms with E-state index in [1.54, 1.807) is 24.3 Å². The first-order valence-corrected chi connectivity index (χ1v) is 10.0. The van der Waals surface area contributed by atoms with Crippen molar-refractivity contribution in [2.24, 2.45) is 0 Å². The van der Waals surface area contributed by atoms with Crippen LogP contribution in [0, 0.1) is 0 Å². The molecule has 0 radical (unpaired) electrons. The molecule has 142 valence electrons. The predicted molar refractivity (Wildman–Crippen MR) is 109 cm³/mol. The van der Waals surface area contributed by atoms with Crippen molar-refractivity contribution in [3.05, 3.63) is 96.1 Å². The number of rotatable bonds is 6. The van der Waals surface area contributed by atoms with Crippen LogP contribution >= 0.6 is 8.25 Å². The van der Waals surface area contributed by atoms with Crippen molar-refractivity contribution in [1.82, 2.24) is 0 Å². The van der Waals surface area contributed by atoms with Gasteiger partial charge in [-0.05, 0) is 33.7 Å². The summed E-state index contributed by atoms with van der Waals surface area (Å²) in [5.41, 5.74) is 0.918. The van der Waals surface area contributed by atoms with Gasteiger partial charge in [-0.15, -0.1) is 0 Å². The highest BCUT2D eigenvalue weighted by Crippen LogP contribution is 2.37. The van der Waals surface area contributed by atoms with Crippen LogP contribution in [0.5, 0.6) is 0 Å². The molecule has 2 unspecified atom stereocenters. The molecule has 6 heteroatoms. The van der Waals surface area contributed by atoms with Gasteiger partial charge in [-0.3, -0.25) is 13.6 Å². The van der Waals surface area contributed by atoms with E-state index in [2.05, 4.69) is 0 Å². The summed E-state index contributed by atoms with van der Waals surface area (Å²) < 4.78 is 22.3. The minimum absolute atomic E-state index is 0.459. The summed E-state index contributed by atoms with van der Waals surface area (Å²) >= 11 is 0. The van der Waals surface area contributed by atoms with Crippen molar-refractivity contribution in [1.29, 1.82) is 0 Å². The largest absolute Gasteiger partial charge is 0.364 e. The van der Waals surface area contributed by atoms with E-state index >= 15 is 0 Å². The molecular weight excluding hydrogens is 375 g/mol. The van der Waals surface area contributed by atoms with Gasteiger partial charge in [0.25, 0.3) is 0 Å². The second kappa shape index (κ2) is 8.23. The van der Waals surface area contributed by atoms with Gasteiger partial charge in [0.15, 0.2) is 12.6 Å². The lowest BCUT2D eigenvalue weighted by Crippen LogP contribution is -2.02. The van der Waals surface area contributed by atoms with Crippen molar-refractivity contribution < 1.29 is 23.8 Å². The van der Waals surface area contributed by atoms with Gasteiger partial charge < -0.3 is 10.2 Å². The second-order valence-corrected chi connectivity index (χ2v) is 7.38. The molecule has 0 spiro atoms. The summed E-state index contributed by atoms with van der Waals surface area (Å²) in [7, 11) is -3.14. The molecule has 2 N–H and O–H groups in total. The Morgan fingerprint density at radius 1 is 0.607 bits per heavy atom. The molecule has 4 aromatic carbocycles. The highest BCUT2D eigenvalue weighted by atomic mass is 31.1. The van der Waals surface area contributed by atoms with E-state index < -0.39 is 20.8 Å². The lowest BCUT2D eigenvalue weighted by Gasteiger charge is -2.16. The summed E-state index contributed by atoms with van der Waals surface area (Å²) in [5, 5.41) is 24.3. The van der Waals surface area contributed by atoms with E-state index in [4.69, 9.17) is 9.05 Å². The van der Waals surface area contributed by atoms with Crippen molar-refractivity contribution >= 4 is 29.8 Å². The van der Waals surface area contributed by atoms with Gasteiger partial charge in [-0.1, -0.05) is 72.8 Å². The molecule has 0 saturated heterocycles. The average molecular weight is 394 g/mol. The third-order valence-corrected chi connectivity index (χ3v) is 5.36. The van der Waals surface area contributed by atoms with Crippen LogP contribution < -0.4 is 0 Å². The van der Waals surface area contributed by atoms with Crippen molar-refractivity contribution in [3.63, 3.8) is 0 Å². The van der Waals surface area contributed by atoms with Crippen molar-refractivity contribution in [2.75, 3.05) is 0 Å². The zero-order valence-electron chi connectivity index (χ0n) is 14.9. The lowest BCUT2D eigenvalue weighted by atomic mass is 10.1. The Balaban J connectivity index is 1.43. The summed E-state index contributed by atoms with van der Waals surface area (Å²) in [4.78, 5) is 0. The fourth-order valence-corrected chi connectivity index (χ4v) is 3.76. The van der Waals surface area contributed by atoms with Gasteiger partial charge in [-0.2, -0.15) is 0 Å². The SMILES string of the molecule is O=[PH](OC(O)c1ccc2ccccc2c1)OC(O)c1ccc2ccccc2c1. The Morgan fingerprint density at radius 2 is 1.00 bits per heavy atom. The maximum Gasteiger partial charge on any atom is 0.324 e. The van der Waals surface area contributed by atoms with Crippen molar-refractivity contribution in [2.45, 2.75) is 12.6 Å². The van der Waals surface area contributed by atoms with Crippen LogP contribution in [0.15, 0.2) is 84.9 Å². The molecule has 0 bridgehead atoms. The van der Waals surface area contributed by atoms with E-state index in [-0.39, 0.29) is 0 Å². The normalized spacial score (nSPS) is 14.8. The van der Waals surface area contributed by atoms with Crippen LogP contribution in [-0.4, -0.2) is 10.2 Å². The maximum absolute atomic E-state index is 12.2. The molecule has 0 fully saturated rings. The number of benzene rings is 4. The summed E-state index contributed by atoms with van der Waals surface area (Å²) in [6.07, 6.45) is -2.83. The standard InChI is InChI=1S/C22H19O5P/c23-21(19-11-9-15-5-1-3-7-17(15)13-19)26-28(25)27-22(24)20-12-10-16-6-2-4-8-18(16)14-20/h1-14,21-24,28H. The van der Waals surface area contributed by atoms with E-state index in [0.717, 1.165) is 21.5 Å². The van der Waals surface area contributed by atoms with E-state index in [0.29, 0.717) is 11.1 Å². The van der Waals surface area contributed by atoms with E-state index in [1.807, 2.05) is 60.7 Å². The summed E-state index contributed by atoms with van der Waals surface area (Å²) in [5.74, 6) is 0. The Kier molecular flexibility index (Phi) is 5.53. The molecule has 0 aliphatic carbocycles. The lowest BCUT2D eigenvalue weighted by molar-refractivity contribution is -0.0618. The quantitative estimate of drug-likeness (QED) is 0.352. The minimum atomic E-state index is -3.14. The average Bonchev–Trinajstić information content (AvgIpc) is 2.72. The third-order valence-electron chi connectivity index (χ3n) is 4.53. The number of hydrogen-bond donors (Lipinski definition) is 2. The molecule has 0 aliphatic rings. The third kappa shape index (κ3) is 4.14. The molecule has 28 heavy (non-hydrogen) atoms. The van der Waals surface area contributed by atoms with Crippen LogP contribution in [0.1, 0.15) is 23.7 Å². The van der Waals surface area contributed by atoms with Gasteiger partial charge in [0.2, 0.25) is 0 Å². The molecule has 4 aromatic rings. The monoisotopic (exact) mass is 394 g/mol. The molecule has 4 rings (SSSR count). The summed E-state index contributed by atoms with van der Waals surface area (Å²) in [6, 6.07) is 26.0. The predicted octanol–water partition coefficient (Wildman–Crippen LogP) is 5.10. The molecule has 0 aromatic heterocycles. The highest BCUT2D eigenvalue weighted by Gasteiger charge is 2.17. The van der Waals surface area contributed by atoms with Crippen LogP contribution in [0.2, 0.25) is 0 Å². The van der Waals surface area contributed by atoms with Crippen LogP contribution in [-0.2, 0) is 13.6 Å². The van der Waals surface area contributed by atoms with Gasteiger partial charge in [0.05, 0.1) is 0 Å². The Hall–Kier alpha value is -2.53. The molecule has 0 saturated carbocycles. The molecule has 0 amide bonds. The molecule has 0 heterocycles. The first kappa shape index (κ1) is 18.8. The maximum atomic E-state index is 12.2. The molecule has 0 aliphatic heterocycles. The van der Waals surface area contributed by atoms with E-state index in [9.17, 15) is 14.8 Å². The Morgan fingerprint density at radius 3 is 1.43 bits per heavy atom. The zero-order chi connectivity index (χ0) is 19.5. The zero-order valence-corrected chi connectivity index (χ0v) is 15.9. The molecule has 2 atom stereocenters. The highest BCUT2D eigenvalue weighted by molar-refractivity contribution is 7.33. The summed E-state index contributed by atoms with van der Waals surface area (Å²) in [6.45, 7) is 0. The fourth-order valence-electron chi connectivity index (χ4n) is 3.07. The molecular formula is C22H19O5P. The fraction of sp³-hybridized carbons (Fsp3) is 0.0909. The van der Waals surface area contributed by atoms with Gasteiger partial charge >= 0.3 is 8.25 Å². The Labute approximate surface area is 162 Å². The first-order chi connectivity index (χ1) is 13.6. The second-order valence-electron chi connectivity index (χ2n) is 6.40.